The first-order chi connectivity index (χ1) is 16.1. The molecule has 0 amide bonds. The molecule has 7 heteroatoms. The molecule has 0 spiro atoms. The van der Waals surface area contributed by atoms with Crippen LogP contribution in [0, 0.1) is 5.82 Å². The van der Waals surface area contributed by atoms with Crippen molar-refractivity contribution in [3.8, 4) is 11.5 Å². The second-order valence-corrected chi connectivity index (χ2v) is 8.58. The van der Waals surface area contributed by atoms with Crippen LogP contribution in [-0.4, -0.2) is 30.6 Å². The van der Waals surface area contributed by atoms with Gasteiger partial charge in [-0.15, -0.1) is 0 Å². The summed E-state index contributed by atoms with van der Waals surface area (Å²) in [6.45, 7) is 1.70. The molecule has 0 saturated carbocycles. The van der Waals surface area contributed by atoms with E-state index in [-0.39, 0.29) is 5.82 Å². The van der Waals surface area contributed by atoms with Crippen LogP contribution in [0.3, 0.4) is 0 Å². The molecule has 3 aromatic carbocycles. The number of fused-ring (bicyclic) bond motifs is 1. The highest BCUT2D eigenvalue weighted by Crippen LogP contribution is 2.30. The van der Waals surface area contributed by atoms with Crippen molar-refractivity contribution in [2.75, 3.05) is 20.8 Å². The normalized spacial score (nSPS) is 11.2. The van der Waals surface area contributed by atoms with Crippen LogP contribution in [0.25, 0.3) is 10.8 Å². The highest BCUT2D eigenvalue weighted by molar-refractivity contribution is 9.10. The number of nitrogens with zero attached hydrogens (tertiary/aromatic N) is 2. The second kappa shape index (κ2) is 10.8. The highest BCUT2D eigenvalue weighted by Gasteiger charge is 2.11. The molecule has 0 radical (unpaired) electrons. The quantitative estimate of drug-likeness (QED) is 0.263. The lowest BCUT2D eigenvalue weighted by Crippen LogP contribution is -2.10. The lowest BCUT2D eigenvalue weighted by Gasteiger charge is -2.13. The van der Waals surface area contributed by atoms with Gasteiger partial charge in [0.15, 0.2) is 0 Å². The Morgan fingerprint density at radius 1 is 0.939 bits per heavy atom. The molecule has 0 unspecified atom stereocenters. The van der Waals surface area contributed by atoms with E-state index in [1.165, 1.54) is 6.07 Å². The summed E-state index contributed by atoms with van der Waals surface area (Å²) in [7, 11) is 3.32. The molecule has 0 bridgehead atoms. The molecule has 0 fully saturated rings. The summed E-state index contributed by atoms with van der Waals surface area (Å²) in [6, 6.07) is 18.7. The first-order valence-electron chi connectivity index (χ1n) is 10.7. The third-order valence-corrected chi connectivity index (χ3v) is 5.89. The third-order valence-electron chi connectivity index (χ3n) is 5.50. The standard InChI is InChI=1S/C26H26BrFN2O3/c1-31-12-11-30-22(16-26(27)29-30)7-3-19-13-20-15-21(28)6-10-24(20)25(14-19)33-17-18-4-8-23(32-2)9-5-18/h4-6,8-10,13-16H,3,7,11-12,17H2,1-2H3. The topological polar surface area (TPSA) is 45.5 Å². The highest BCUT2D eigenvalue weighted by atomic mass is 79.9. The molecule has 172 valence electrons. The fourth-order valence-electron chi connectivity index (χ4n) is 3.78. The molecule has 1 aromatic heterocycles. The van der Waals surface area contributed by atoms with E-state index >= 15 is 0 Å². The van der Waals surface area contributed by atoms with Gasteiger partial charge in [-0.25, -0.2) is 4.39 Å². The molecule has 0 atom stereocenters. The van der Waals surface area contributed by atoms with Gasteiger partial charge in [0.1, 0.15) is 28.5 Å². The predicted octanol–water partition coefficient (Wildman–Crippen LogP) is 5.96. The lowest BCUT2D eigenvalue weighted by atomic mass is 10.0. The van der Waals surface area contributed by atoms with E-state index in [0.717, 1.165) is 56.5 Å². The Morgan fingerprint density at radius 3 is 2.52 bits per heavy atom. The first kappa shape index (κ1) is 23.3. The van der Waals surface area contributed by atoms with Crippen molar-refractivity contribution in [1.29, 1.82) is 0 Å². The van der Waals surface area contributed by atoms with E-state index in [2.05, 4.69) is 27.1 Å². The van der Waals surface area contributed by atoms with E-state index < -0.39 is 0 Å². The zero-order valence-corrected chi connectivity index (χ0v) is 20.3. The number of hydrogen-bond donors (Lipinski definition) is 0. The fourth-order valence-corrected chi connectivity index (χ4v) is 4.23. The average Bonchev–Trinajstić information content (AvgIpc) is 3.19. The van der Waals surface area contributed by atoms with Crippen molar-refractivity contribution in [2.24, 2.45) is 0 Å². The smallest absolute Gasteiger partial charge is 0.128 e. The zero-order chi connectivity index (χ0) is 23.2. The SMILES string of the molecule is COCCn1nc(Br)cc1CCc1cc(OCc2ccc(OC)cc2)c2ccc(F)cc2c1. The average molecular weight is 513 g/mol. The minimum absolute atomic E-state index is 0.262. The number of benzene rings is 3. The molecule has 4 aromatic rings. The molecule has 5 nitrogen and oxygen atoms in total. The molecule has 33 heavy (non-hydrogen) atoms. The van der Waals surface area contributed by atoms with Crippen LogP contribution in [0.1, 0.15) is 16.8 Å². The molecule has 0 saturated heterocycles. The van der Waals surface area contributed by atoms with Crippen molar-refractivity contribution in [1.82, 2.24) is 9.78 Å². The van der Waals surface area contributed by atoms with Crippen LogP contribution in [0.2, 0.25) is 0 Å². The zero-order valence-electron chi connectivity index (χ0n) is 18.7. The van der Waals surface area contributed by atoms with Gasteiger partial charge in [0.2, 0.25) is 0 Å². The number of methoxy groups -OCH3 is 2. The Bertz CT molecular complexity index is 1220. The van der Waals surface area contributed by atoms with E-state index in [1.54, 1.807) is 26.4 Å². The molecular weight excluding hydrogens is 487 g/mol. The van der Waals surface area contributed by atoms with Crippen LogP contribution in [0.15, 0.2) is 65.3 Å². The van der Waals surface area contributed by atoms with Gasteiger partial charge in [0, 0.05) is 18.2 Å². The second-order valence-electron chi connectivity index (χ2n) is 7.77. The van der Waals surface area contributed by atoms with E-state index in [0.29, 0.717) is 19.8 Å². The van der Waals surface area contributed by atoms with Gasteiger partial charge in [-0.05, 0) is 87.7 Å². The number of ether oxygens (including phenoxy) is 3. The first-order valence-corrected chi connectivity index (χ1v) is 11.5. The van der Waals surface area contributed by atoms with Crippen molar-refractivity contribution >= 4 is 26.7 Å². The summed E-state index contributed by atoms with van der Waals surface area (Å²) in [6.07, 6.45) is 1.57. The van der Waals surface area contributed by atoms with E-state index in [9.17, 15) is 4.39 Å². The monoisotopic (exact) mass is 512 g/mol. The van der Waals surface area contributed by atoms with Crippen LogP contribution in [0.4, 0.5) is 4.39 Å². The van der Waals surface area contributed by atoms with Crippen LogP contribution < -0.4 is 9.47 Å². The molecule has 4 rings (SSSR count). The molecule has 0 aliphatic rings. The minimum atomic E-state index is -0.262. The van der Waals surface area contributed by atoms with Gasteiger partial charge in [-0.2, -0.15) is 5.10 Å². The van der Waals surface area contributed by atoms with Gasteiger partial charge in [-0.3, -0.25) is 4.68 Å². The maximum absolute atomic E-state index is 14.0. The molecule has 0 aliphatic carbocycles. The lowest BCUT2D eigenvalue weighted by molar-refractivity contribution is 0.182. The van der Waals surface area contributed by atoms with Gasteiger partial charge >= 0.3 is 0 Å². The Balaban J connectivity index is 1.56. The summed E-state index contributed by atoms with van der Waals surface area (Å²) < 4.78 is 33.3. The largest absolute Gasteiger partial charge is 0.497 e. The van der Waals surface area contributed by atoms with Crippen molar-refractivity contribution in [3.05, 3.63) is 87.9 Å². The predicted molar refractivity (Wildman–Crippen MR) is 130 cm³/mol. The van der Waals surface area contributed by atoms with Gasteiger partial charge in [-0.1, -0.05) is 18.2 Å². The van der Waals surface area contributed by atoms with E-state index in [1.807, 2.05) is 41.1 Å². The molecule has 0 aliphatic heterocycles. The summed E-state index contributed by atoms with van der Waals surface area (Å²) in [5.41, 5.74) is 3.22. The Labute approximate surface area is 201 Å². The van der Waals surface area contributed by atoms with Crippen LogP contribution in [0.5, 0.6) is 11.5 Å². The van der Waals surface area contributed by atoms with Crippen LogP contribution >= 0.6 is 15.9 Å². The maximum Gasteiger partial charge on any atom is 0.128 e. The maximum atomic E-state index is 14.0. The van der Waals surface area contributed by atoms with Crippen molar-refractivity contribution in [2.45, 2.75) is 26.0 Å². The minimum Gasteiger partial charge on any atom is -0.497 e. The van der Waals surface area contributed by atoms with Gasteiger partial charge < -0.3 is 14.2 Å². The third kappa shape index (κ3) is 5.92. The summed E-state index contributed by atoms with van der Waals surface area (Å²) in [5, 5.41) is 6.20. The number of hydrogen-bond acceptors (Lipinski definition) is 4. The Kier molecular flexibility index (Phi) is 7.62. The van der Waals surface area contributed by atoms with Crippen molar-refractivity contribution in [3.63, 3.8) is 0 Å². The van der Waals surface area contributed by atoms with Crippen molar-refractivity contribution < 1.29 is 18.6 Å². The number of aryl methyl sites for hydroxylation is 2. The Hall–Kier alpha value is -2.90. The summed E-state index contributed by atoms with van der Waals surface area (Å²) in [4.78, 5) is 0. The molecule has 0 N–H and O–H groups in total. The summed E-state index contributed by atoms with van der Waals surface area (Å²) in [5.74, 6) is 1.28. The number of halogens is 2. The number of aromatic nitrogens is 2. The molecule has 1 heterocycles. The summed E-state index contributed by atoms with van der Waals surface area (Å²) >= 11 is 3.46. The number of rotatable bonds is 10. The van der Waals surface area contributed by atoms with Gasteiger partial charge in [0.25, 0.3) is 0 Å². The van der Waals surface area contributed by atoms with Gasteiger partial charge in [0.05, 0.1) is 20.3 Å². The fraction of sp³-hybridized carbons (Fsp3) is 0.269. The molecular formula is C26H26BrFN2O3. The Morgan fingerprint density at radius 2 is 1.76 bits per heavy atom. The van der Waals surface area contributed by atoms with E-state index in [4.69, 9.17) is 14.2 Å². The van der Waals surface area contributed by atoms with Crippen LogP contribution in [-0.2, 0) is 30.7 Å².